The summed E-state index contributed by atoms with van der Waals surface area (Å²) in [6, 6.07) is 2.69. The van der Waals surface area contributed by atoms with E-state index < -0.39 is 11.6 Å². The van der Waals surface area contributed by atoms with Gasteiger partial charge in [0.1, 0.15) is 17.5 Å². The topological polar surface area (TPSA) is 17.8 Å². The molecule has 1 aliphatic carbocycles. The maximum absolute atomic E-state index is 14.1. The van der Waals surface area contributed by atoms with E-state index in [9.17, 15) is 8.78 Å². The van der Waals surface area contributed by atoms with Crippen molar-refractivity contribution in [3.8, 4) is 0 Å². The number of rotatable bonds is 2. The normalized spacial score (nSPS) is 14.4. The highest BCUT2D eigenvalue weighted by Crippen LogP contribution is 2.26. The fourth-order valence-electron chi connectivity index (χ4n) is 2.82. The summed E-state index contributed by atoms with van der Waals surface area (Å²) in [6.07, 6.45) is 4.16. The Labute approximate surface area is 125 Å². The minimum absolute atomic E-state index is 0.0910. The number of benzene rings is 1. The molecule has 2 nitrogen and oxygen atoms in total. The van der Waals surface area contributed by atoms with Gasteiger partial charge < -0.3 is 4.57 Å². The summed E-state index contributed by atoms with van der Waals surface area (Å²) >= 11 is 3.11. The van der Waals surface area contributed by atoms with E-state index in [0.29, 0.717) is 4.47 Å². The molecule has 5 heteroatoms. The van der Waals surface area contributed by atoms with Crippen LogP contribution in [0.3, 0.4) is 0 Å². The number of aromatic nitrogens is 2. The molecule has 3 rings (SSSR count). The number of halogens is 3. The van der Waals surface area contributed by atoms with Crippen molar-refractivity contribution in [3.05, 3.63) is 51.0 Å². The minimum atomic E-state index is -0.525. The Bertz CT molecular complexity index is 664. The molecule has 0 unspecified atom stereocenters. The van der Waals surface area contributed by atoms with Crippen LogP contribution in [0.5, 0.6) is 0 Å². The van der Waals surface area contributed by atoms with Gasteiger partial charge in [-0.05, 0) is 60.7 Å². The second kappa shape index (κ2) is 5.28. The summed E-state index contributed by atoms with van der Waals surface area (Å²) in [5.74, 6) is -0.207. The van der Waals surface area contributed by atoms with Crippen LogP contribution in [0.1, 0.15) is 35.6 Å². The highest BCUT2D eigenvalue weighted by Gasteiger charge is 2.20. The average Bonchev–Trinajstić information content (AvgIpc) is 2.75. The Morgan fingerprint density at radius 2 is 2.00 bits per heavy atom. The smallest absolute Gasteiger partial charge is 0.145 e. The summed E-state index contributed by atoms with van der Waals surface area (Å²) in [5.41, 5.74) is 2.31. The highest BCUT2D eigenvalue weighted by molar-refractivity contribution is 9.10. The molecule has 1 aromatic carbocycles. The molecule has 0 spiro atoms. The molecule has 0 fully saturated rings. The Morgan fingerprint density at radius 1 is 1.25 bits per heavy atom. The maximum Gasteiger partial charge on any atom is 0.145 e. The SMILES string of the molecule is Cc1nc2c(n1Cc1c(F)ccc(Br)c1F)CCCC2. The third-order valence-corrected chi connectivity index (χ3v) is 4.49. The van der Waals surface area contributed by atoms with Crippen LogP contribution in [0.4, 0.5) is 8.78 Å². The number of imidazole rings is 1. The van der Waals surface area contributed by atoms with E-state index >= 15 is 0 Å². The molecule has 0 saturated carbocycles. The molecule has 20 heavy (non-hydrogen) atoms. The zero-order valence-electron chi connectivity index (χ0n) is 11.2. The lowest BCUT2D eigenvalue weighted by atomic mass is 10.0. The molecule has 0 N–H and O–H groups in total. The molecule has 0 radical (unpaired) electrons. The second-order valence-electron chi connectivity index (χ2n) is 5.17. The number of nitrogens with zero attached hydrogens (tertiary/aromatic N) is 2. The van der Waals surface area contributed by atoms with E-state index in [4.69, 9.17) is 0 Å². The third-order valence-electron chi connectivity index (χ3n) is 3.88. The Kier molecular flexibility index (Phi) is 3.63. The van der Waals surface area contributed by atoms with Crippen molar-refractivity contribution in [1.29, 1.82) is 0 Å². The van der Waals surface area contributed by atoms with Gasteiger partial charge in [0.25, 0.3) is 0 Å². The third kappa shape index (κ3) is 2.28. The molecule has 1 heterocycles. The van der Waals surface area contributed by atoms with Gasteiger partial charge >= 0.3 is 0 Å². The lowest BCUT2D eigenvalue weighted by Crippen LogP contribution is -2.12. The van der Waals surface area contributed by atoms with Crippen LogP contribution >= 0.6 is 15.9 Å². The van der Waals surface area contributed by atoms with Gasteiger partial charge in [0.15, 0.2) is 0 Å². The van der Waals surface area contributed by atoms with Gasteiger partial charge in [0, 0.05) is 11.3 Å². The summed E-state index contributed by atoms with van der Waals surface area (Å²) in [7, 11) is 0. The van der Waals surface area contributed by atoms with Gasteiger partial charge in [0.2, 0.25) is 0 Å². The van der Waals surface area contributed by atoms with Crippen molar-refractivity contribution in [2.75, 3.05) is 0 Å². The first-order valence-corrected chi connectivity index (χ1v) is 7.54. The Balaban J connectivity index is 2.04. The van der Waals surface area contributed by atoms with Gasteiger partial charge in [-0.15, -0.1) is 0 Å². The Hall–Kier alpha value is -1.23. The van der Waals surface area contributed by atoms with Crippen molar-refractivity contribution in [2.24, 2.45) is 0 Å². The standard InChI is InChI=1S/C15H15BrF2N2/c1-9-19-13-4-2-3-5-14(13)20(9)8-10-12(17)7-6-11(16)15(10)18/h6-7H,2-5,8H2,1H3. The first-order chi connectivity index (χ1) is 9.58. The monoisotopic (exact) mass is 340 g/mol. The molecule has 2 aromatic rings. The van der Waals surface area contributed by atoms with Crippen molar-refractivity contribution in [3.63, 3.8) is 0 Å². The van der Waals surface area contributed by atoms with E-state index in [0.717, 1.165) is 42.9 Å². The number of aryl methyl sites for hydroxylation is 2. The molecule has 106 valence electrons. The van der Waals surface area contributed by atoms with Gasteiger partial charge in [0.05, 0.1) is 16.7 Å². The lowest BCUT2D eigenvalue weighted by molar-refractivity contribution is 0.531. The first-order valence-electron chi connectivity index (χ1n) is 6.75. The number of hydrogen-bond acceptors (Lipinski definition) is 1. The van der Waals surface area contributed by atoms with Crippen LogP contribution in [0.15, 0.2) is 16.6 Å². The highest BCUT2D eigenvalue weighted by atomic mass is 79.9. The molecule has 0 saturated heterocycles. The van der Waals surface area contributed by atoms with Crippen molar-refractivity contribution < 1.29 is 8.78 Å². The molecular formula is C15H15BrF2N2. The van der Waals surface area contributed by atoms with Crippen LogP contribution < -0.4 is 0 Å². The molecule has 0 bridgehead atoms. The lowest BCUT2D eigenvalue weighted by Gasteiger charge is -2.16. The minimum Gasteiger partial charge on any atom is -0.327 e. The zero-order chi connectivity index (χ0) is 14.3. The fraction of sp³-hybridized carbons (Fsp3) is 0.400. The van der Waals surface area contributed by atoms with Crippen LogP contribution in [0.25, 0.3) is 0 Å². The van der Waals surface area contributed by atoms with E-state index in [1.165, 1.54) is 12.1 Å². The van der Waals surface area contributed by atoms with Crippen LogP contribution in [0, 0.1) is 18.6 Å². The van der Waals surface area contributed by atoms with Crippen molar-refractivity contribution >= 4 is 15.9 Å². The van der Waals surface area contributed by atoms with E-state index in [1.54, 1.807) is 0 Å². The summed E-state index contributed by atoms with van der Waals surface area (Å²) in [4.78, 5) is 4.54. The molecular weight excluding hydrogens is 326 g/mol. The number of hydrogen-bond donors (Lipinski definition) is 0. The van der Waals surface area contributed by atoms with Crippen LogP contribution in [-0.4, -0.2) is 9.55 Å². The molecule has 1 aliphatic rings. The largest absolute Gasteiger partial charge is 0.327 e. The second-order valence-corrected chi connectivity index (χ2v) is 6.02. The Morgan fingerprint density at radius 3 is 2.80 bits per heavy atom. The summed E-state index contributed by atoms with van der Waals surface area (Å²) in [6.45, 7) is 2.09. The zero-order valence-corrected chi connectivity index (χ0v) is 12.8. The van der Waals surface area contributed by atoms with Crippen LogP contribution in [-0.2, 0) is 19.4 Å². The van der Waals surface area contributed by atoms with Gasteiger partial charge in [-0.2, -0.15) is 0 Å². The molecule has 0 aliphatic heterocycles. The van der Waals surface area contributed by atoms with Gasteiger partial charge in [-0.3, -0.25) is 0 Å². The van der Waals surface area contributed by atoms with E-state index in [1.807, 2.05) is 11.5 Å². The fourth-order valence-corrected chi connectivity index (χ4v) is 3.19. The quantitative estimate of drug-likeness (QED) is 0.750. The van der Waals surface area contributed by atoms with Crippen molar-refractivity contribution in [2.45, 2.75) is 39.2 Å². The van der Waals surface area contributed by atoms with E-state index in [2.05, 4.69) is 20.9 Å². The average molecular weight is 341 g/mol. The van der Waals surface area contributed by atoms with Crippen molar-refractivity contribution in [1.82, 2.24) is 9.55 Å². The van der Waals surface area contributed by atoms with Gasteiger partial charge in [-0.1, -0.05) is 0 Å². The predicted octanol–water partition coefficient (Wildman–Crippen LogP) is 4.16. The summed E-state index contributed by atoms with van der Waals surface area (Å²) < 4.78 is 30.2. The van der Waals surface area contributed by atoms with Crippen LogP contribution in [0.2, 0.25) is 0 Å². The van der Waals surface area contributed by atoms with Gasteiger partial charge in [-0.25, -0.2) is 13.8 Å². The molecule has 0 amide bonds. The predicted molar refractivity (Wildman–Crippen MR) is 76.8 cm³/mol. The van der Waals surface area contributed by atoms with E-state index in [-0.39, 0.29) is 12.1 Å². The molecule has 1 aromatic heterocycles. The maximum atomic E-state index is 14.1. The summed E-state index contributed by atoms with van der Waals surface area (Å²) in [5, 5.41) is 0. The first kappa shape index (κ1) is 13.7. The molecule has 0 atom stereocenters. The number of fused-ring (bicyclic) bond motifs is 1.